The number of hydrogen-bond donors (Lipinski definition) is 1. The van der Waals surface area contributed by atoms with Crippen LogP contribution in [0.2, 0.25) is 0 Å². The first-order chi connectivity index (χ1) is 13.0. The van der Waals surface area contributed by atoms with Gasteiger partial charge in [-0.2, -0.15) is 5.10 Å². The van der Waals surface area contributed by atoms with Crippen molar-refractivity contribution in [3.63, 3.8) is 0 Å². The molecule has 0 bridgehead atoms. The van der Waals surface area contributed by atoms with E-state index < -0.39 is 0 Å². The van der Waals surface area contributed by atoms with Crippen LogP contribution in [0.4, 0.5) is 10.2 Å². The fourth-order valence-electron chi connectivity index (χ4n) is 3.09. The molecule has 0 saturated carbocycles. The van der Waals surface area contributed by atoms with Gasteiger partial charge in [-0.05, 0) is 49.2 Å². The summed E-state index contributed by atoms with van der Waals surface area (Å²) in [7, 11) is 1.85. The molecule has 0 amide bonds. The maximum absolute atomic E-state index is 13.6. The predicted octanol–water partition coefficient (Wildman–Crippen LogP) is 3.79. The van der Waals surface area contributed by atoms with Crippen molar-refractivity contribution in [1.29, 1.82) is 0 Å². The van der Waals surface area contributed by atoms with Crippen LogP contribution in [0, 0.1) is 19.7 Å². The number of rotatable bonds is 4. The van der Waals surface area contributed by atoms with E-state index in [0.717, 1.165) is 27.9 Å². The van der Waals surface area contributed by atoms with E-state index in [2.05, 4.69) is 25.4 Å². The smallest absolute Gasteiger partial charge is 0.182 e. The Balaban J connectivity index is 1.79. The van der Waals surface area contributed by atoms with Crippen molar-refractivity contribution in [3.05, 3.63) is 65.2 Å². The maximum atomic E-state index is 13.6. The first-order valence-electron chi connectivity index (χ1n) is 8.64. The highest BCUT2D eigenvalue weighted by Crippen LogP contribution is 2.27. The van der Waals surface area contributed by atoms with Gasteiger partial charge in [0.15, 0.2) is 11.5 Å². The molecule has 4 aromatic rings. The molecule has 0 spiro atoms. The average molecular weight is 362 g/mol. The Morgan fingerprint density at radius 3 is 2.74 bits per heavy atom. The van der Waals surface area contributed by atoms with Crippen molar-refractivity contribution < 1.29 is 4.39 Å². The normalized spacial score (nSPS) is 11.1. The molecule has 7 heteroatoms. The molecule has 1 aromatic carbocycles. The zero-order valence-corrected chi connectivity index (χ0v) is 15.4. The van der Waals surface area contributed by atoms with Gasteiger partial charge in [-0.1, -0.05) is 12.1 Å². The van der Waals surface area contributed by atoms with Gasteiger partial charge >= 0.3 is 0 Å². The lowest BCUT2D eigenvalue weighted by atomic mass is 10.1. The number of nitrogens with zero attached hydrogens (tertiary/aromatic N) is 5. The quantitative estimate of drug-likeness (QED) is 0.598. The highest BCUT2D eigenvalue weighted by molar-refractivity contribution is 5.90. The third kappa shape index (κ3) is 3.23. The van der Waals surface area contributed by atoms with Gasteiger partial charge < -0.3 is 5.32 Å². The number of anilines is 1. The second kappa shape index (κ2) is 6.75. The first-order valence-corrected chi connectivity index (χ1v) is 8.64. The molecular formula is C20H19FN6. The summed E-state index contributed by atoms with van der Waals surface area (Å²) in [6.07, 6.45) is 1.71. The molecule has 136 valence electrons. The minimum Gasteiger partial charge on any atom is -0.365 e. The Labute approximate surface area is 156 Å². The Morgan fingerprint density at radius 1 is 1.11 bits per heavy atom. The number of halogens is 1. The van der Waals surface area contributed by atoms with Crippen LogP contribution in [-0.2, 0) is 13.6 Å². The average Bonchev–Trinajstić information content (AvgIpc) is 2.97. The van der Waals surface area contributed by atoms with Crippen LogP contribution >= 0.6 is 0 Å². The Hall–Kier alpha value is -3.35. The lowest BCUT2D eigenvalue weighted by Crippen LogP contribution is -2.06. The number of aryl methyl sites for hydroxylation is 3. The topological polar surface area (TPSA) is 68.5 Å². The van der Waals surface area contributed by atoms with Crippen LogP contribution in [0.15, 0.2) is 42.6 Å². The third-order valence-electron chi connectivity index (χ3n) is 4.51. The fraction of sp³-hybridized carbons (Fsp3) is 0.200. The molecular weight excluding hydrogens is 343 g/mol. The molecule has 1 N–H and O–H groups in total. The summed E-state index contributed by atoms with van der Waals surface area (Å²) in [6, 6.07) is 10.4. The van der Waals surface area contributed by atoms with E-state index in [0.29, 0.717) is 23.9 Å². The molecule has 0 aliphatic heterocycles. The molecule has 4 rings (SSSR count). The van der Waals surface area contributed by atoms with Crippen molar-refractivity contribution in [2.45, 2.75) is 20.4 Å². The Kier molecular flexibility index (Phi) is 4.27. The van der Waals surface area contributed by atoms with Crippen LogP contribution in [0.3, 0.4) is 0 Å². The molecule has 0 aliphatic carbocycles. The van der Waals surface area contributed by atoms with E-state index in [9.17, 15) is 4.39 Å². The van der Waals surface area contributed by atoms with Crippen LogP contribution in [-0.4, -0.2) is 24.7 Å². The van der Waals surface area contributed by atoms with Gasteiger partial charge in [0.2, 0.25) is 0 Å². The zero-order valence-electron chi connectivity index (χ0n) is 15.4. The molecule has 3 heterocycles. The predicted molar refractivity (Wildman–Crippen MR) is 103 cm³/mol. The van der Waals surface area contributed by atoms with E-state index in [1.807, 2.05) is 39.1 Å². The molecule has 0 saturated heterocycles. The molecule has 6 nitrogen and oxygen atoms in total. The number of hydrogen-bond acceptors (Lipinski definition) is 5. The summed E-state index contributed by atoms with van der Waals surface area (Å²) in [5.41, 5.74) is 4.13. The van der Waals surface area contributed by atoms with E-state index in [1.54, 1.807) is 16.9 Å². The van der Waals surface area contributed by atoms with Crippen LogP contribution in [0.25, 0.3) is 22.6 Å². The summed E-state index contributed by atoms with van der Waals surface area (Å²) < 4.78 is 15.3. The first kappa shape index (κ1) is 17.1. The van der Waals surface area contributed by atoms with Gasteiger partial charge in [0.25, 0.3) is 0 Å². The van der Waals surface area contributed by atoms with Gasteiger partial charge in [0, 0.05) is 19.8 Å². The number of pyridine rings is 1. The molecule has 0 radical (unpaired) electrons. The molecule has 0 aliphatic rings. The fourth-order valence-corrected chi connectivity index (χ4v) is 3.09. The monoisotopic (exact) mass is 362 g/mol. The third-order valence-corrected chi connectivity index (χ3v) is 4.51. The summed E-state index contributed by atoms with van der Waals surface area (Å²) in [6.45, 7) is 4.33. The second-order valence-electron chi connectivity index (χ2n) is 6.44. The van der Waals surface area contributed by atoms with Crippen molar-refractivity contribution >= 4 is 16.9 Å². The van der Waals surface area contributed by atoms with Gasteiger partial charge in [0.1, 0.15) is 17.3 Å². The molecule has 3 aromatic heterocycles. The largest absolute Gasteiger partial charge is 0.365 e. The maximum Gasteiger partial charge on any atom is 0.182 e. The standard InChI is InChI=1S/C20H19FN6/c1-12-7-8-15(21)10-14(12)11-23-19-17-13(2)26-27(3)20(17)25-18(24-19)16-6-4-5-9-22-16/h4-10H,11H2,1-3H3,(H,23,24,25). The minimum atomic E-state index is -0.253. The van der Waals surface area contributed by atoms with Crippen LogP contribution < -0.4 is 5.32 Å². The summed E-state index contributed by atoms with van der Waals surface area (Å²) in [4.78, 5) is 13.7. The molecule has 0 unspecified atom stereocenters. The summed E-state index contributed by atoms with van der Waals surface area (Å²) >= 11 is 0. The second-order valence-corrected chi connectivity index (χ2v) is 6.44. The van der Waals surface area contributed by atoms with Crippen LogP contribution in [0.1, 0.15) is 16.8 Å². The van der Waals surface area contributed by atoms with E-state index in [-0.39, 0.29) is 5.82 Å². The van der Waals surface area contributed by atoms with E-state index >= 15 is 0 Å². The summed E-state index contributed by atoms with van der Waals surface area (Å²) in [5.74, 6) is 0.927. The lowest BCUT2D eigenvalue weighted by molar-refractivity contribution is 0.625. The van der Waals surface area contributed by atoms with Gasteiger partial charge in [0.05, 0.1) is 11.1 Å². The zero-order chi connectivity index (χ0) is 19.0. The van der Waals surface area contributed by atoms with E-state index in [1.165, 1.54) is 12.1 Å². The van der Waals surface area contributed by atoms with Crippen molar-refractivity contribution in [2.24, 2.45) is 7.05 Å². The Bertz CT molecular complexity index is 1120. The van der Waals surface area contributed by atoms with E-state index in [4.69, 9.17) is 0 Å². The Morgan fingerprint density at radius 2 is 1.96 bits per heavy atom. The molecule has 27 heavy (non-hydrogen) atoms. The highest BCUT2D eigenvalue weighted by Gasteiger charge is 2.16. The minimum absolute atomic E-state index is 0.253. The number of aromatic nitrogens is 5. The lowest BCUT2D eigenvalue weighted by Gasteiger charge is -2.11. The van der Waals surface area contributed by atoms with Gasteiger partial charge in [-0.3, -0.25) is 9.67 Å². The molecule has 0 atom stereocenters. The number of fused-ring (bicyclic) bond motifs is 1. The number of nitrogens with one attached hydrogen (secondary N) is 1. The SMILES string of the molecule is Cc1ccc(F)cc1CNc1nc(-c2ccccn2)nc2c1c(C)nn2C. The van der Waals surface area contributed by atoms with Gasteiger partial charge in [-0.15, -0.1) is 0 Å². The number of benzene rings is 1. The highest BCUT2D eigenvalue weighted by atomic mass is 19.1. The van der Waals surface area contributed by atoms with Crippen molar-refractivity contribution in [1.82, 2.24) is 24.7 Å². The van der Waals surface area contributed by atoms with Crippen molar-refractivity contribution in [2.75, 3.05) is 5.32 Å². The van der Waals surface area contributed by atoms with Gasteiger partial charge in [-0.25, -0.2) is 14.4 Å². The summed E-state index contributed by atoms with van der Waals surface area (Å²) in [5, 5.41) is 8.66. The molecule has 0 fully saturated rings. The van der Waals surface area contributed by atoms with Crippen molar-refractivity contribution in [3.8, 4) is 11.5 Å². The van der Waals surface area contributed by atoms with Crippen LogP contribution in [0.5, 0.6) is 0 Å².